The monoisotopic (exact) mass is 372 g/mol. The highest BCUT2D eigenvalue weighted by atomic mass is 127. The summed E-state index contributed by atoms with van der Waals surface area (Å²) in [5.41, 5.74) is 1.15. The Morgan fingerprint density at radius 3 is 2.78 bits per heavy atom. The van der Waals surface area contributed by atoms with E-state index in [-0.39, 0.29) is 0 Å². The summed E-state index contributed by atoms with van der Waals surface area (Å²) >= 11 is 4.21. The van der Waals surface area contributed by atoms with Gasteiger partial charge in [0.25, 0.3) is 0 Å². The Kier molecular flexibility index (Phi) is 4.13. The molecule has 1 aromatic rings. The maximum atomic E-state index is 4.89. The number of anilines is 1. The molecule has 2 atom stereocenters. The van der Waals surface area contributed by atoms with E-state index in [0.717, 1.165) is 16.8 Å². The van der Waals surface area contributed by atoms with Gasteiger partial charge in [0.15, 0.2) is 5.17 Å². The van der Waals surface area contributed by atoms with Crippen molar-refractivity contribution in [3.63, 3.8) is 0 Å². The first-order valence-electron chi connectivity index (χ1n) is 6.54. The lowest BCUT2D eigenvalue weighted by Gasteiger charge is -2.32. The highest BCUT2D eigenvalue weighted by Crippen LogP contribution is 2.34. The van der Waals surface area contributed by atoms with Gasteiger partial charge in [-0.3, -0.25) is 4.99 Å². The van der Waals surface area contributed by atoms with Crippen LogP contribution in [0.3, 0.4) is 0 Å². The number of halogens is 1. The quantitative estimate of drug-likeness (QED) is 0.741. The van der Waals surface area contributed by atoms with Crippen molar-refractivity contribution in [2.75, 3.05) is 11.1 Å². The fraction of sp³-hybridized carbons (Fsp3) is 0.500. The number of hydrogen-bond acceptors (Lipinski definition) is 3. The Bertz CT molecular complexity index is 444. The van der Waals surface area contributed by atoms with Crippen molar-refractivity contribution < 1.29 is 0 Å². The van der Waals surface area contributed by atoms with Crippen molar-refractivity contribution in [1.29, 1.82) is 0 Å². The number of amidine groups is 1. The van der Waals surface area contributed by atoms with Gasteiger partial charge in [-0.05, 0) is 65.6 Å². The molecule has 1 aliphatic carbocycles. The third-order valence-electron chi connectivity index (χ3n) is 3.68. The number of aliphatic imine (C=N–C) groups is 1. The maximum absolute atomic E-state index is 4.89. The Morgan fingerprint density at radius 2 is 1.94 bits per heavy atom. The Hall–Kier alpha value is -0.230. The van der Waals surface area contributed by atoms with Crippen LogP contribution >= 0.6 is 34.4 Å². The molecule has 1 fully saturated rings. The molecule has 1 aliphatic heterocycles. The van der Waals surface area contributed by atoms with E-state index in [9.17, 15) is 0 Å². The van der Waals surface area contributed by atoms with Crippen LogP contribution in [0.4, 0.5) is 5.69 Å². The molecular weight excluding hydrogens is 355 g/mol. The van der Waals surface area contributed by atoms with Gasteiger partial charge in [0.05, 0.1) is 6.04 Å². The lowest BCUT2D eigenvalue weighted by Crippen LogP contribution is -2.31. The van der Waals surface area contributed by atoms with E-state index in [1.807, 2.05) is 11.8 Å². The van der Waals surface area contributed by atoms with Crippen LogP contribution in [-0.4, -0.2) is 17.0 Å². The lowest BCUT2D eigenvalue weighted by molar-refractivity contribution is 0.336. The zero-order chi connectivity index (χ0) is 12.4. The molecule has 1 heterocycles. The molecule has 0 bridgehead atoms. The number of fused-ring (bicyclic) bond motifs is 1. The molecule has 3 rings (SSSR count). The van der Waals surface area contributed by atoms with Crippen molar-refractivity contribution in [2.45, 2.75) is 31.7 Å². The lowest BCUT2D eigenvalue weighted by atomic mass is 9.86. The standard InChI is InChI=1S/C14H17IN2S/c15-11-5-7-12(8-6-11)16-14-17-13-4-2-1-3-10(13)9-18-14/h5-8,10,13H,1-4,9H2,(H,16,17). The first kappa shape index (κ1) is 12.8. The Labute approximate surface area is 126 Å². The van der Waals surface area contributed by atoms with Gasteiger partial charge in [-0.25, -0.2) is 0 Å². The second-order valence-electron chi connectivity index (χ2n) is 4.99. The van der Waals surface area contributed by atoms with Gasteiger partial charge in [-0.2, -0.15) is 0 Å². The van der Waals surface area contributed by atoms with Crippen LogP contribution in [-0.2, 0) is 0 Å². The van der Waals surface area contributed by atoms with Crippen LogP contribution < -0.4 is 5.32 Å². The SMILES string of the molecule is Ic1ccc(NC2=NC3CCCCC3CS2)cc1. The molecule has 0 amide bonds. The van der Waals surface area contributed by atoms with E-state index >= 15 is 0 Å². The zero-order valence-electron chi connectivity index (χ0n) is 10.2. The van der Waals surface area contributed by atoms with Crippen molar-refractivity contribution in [3.8, 4) is 0 Å². The average Bonchev–Trinajstić information content (AvgIpc) is 2.41. The number of benzene rings is 1. The predicted molar refractivity (Wildman–Crippen MR) is 88.4 cm³/mol. The number of nitrogens with zero attached hydrogens (tertiary/aromatic N) is 1. The summed E-state index contributed by atoms with van der Waals surface area (Å²) in [6.07, 6.45) is 5.41. The number of nitrogens with one attached hydrogen (secondary N) is 1. The van der Waals surface area contributed by atoms with E-state index in [1.54, 1.807) is 0 Å². The van der Waals surface area contributed by atoms with Crippen LogP contribution in [0.15, 0.2) is 29.3 Å². The molecule has 2 unspecified atom stereocenters. The molecule has 0 spiro atoms. The van der Waals surface area contributed by atoms with E-state index in [0.29, 0.717) is 6.04 Å². The normalized spacial score (nSPS) is 27.3. The number of thioether (sulfide) groups is 1. The van der Waals surface area contributed by atoms with Gasteiger partial charge in [0.2, 0.25) is 0 Å². The van der Waals surface area contributed by atoms with Crippen molar-refractivity contribution in [3.05, 3.63) is 27.8 Å². The predicted octanol–water partition coefficient (Wildman–Crippen LogP) is 4.36. The summed E-state index contributed by atoms with van der Waals surface area (Å²) in [5.74, 6) is 2.06. The molecule has 0 radical (unpaired) electrons. The fourth-order valence-corrected chi connectivity index (χ4v) is 4.17. The smallest absolute Gasteiger partial charge is 0.161 e. The van der Waals surface area contributed by atoms with Gasteiger partial charge in [-0.15, -0.1) is 0 Å². The molecule has 18 heavy (non-hydrogen) atoms. The van der Waals surface area contributed by atoms with E-state index < -0.39 is 0 Å². The first-order chi connectivity index (χ1) is 8.81. The summed E-state index contributed by atoms with van der Waals surface area (Å²) in [4.78, 5) is 4.89. The number of rotatable bonds is 1. The summed E-state index contributed by atoms with van der Waals surface area (Å²) < 4.78 is 1.27. The minimum absolute atomic E-state index is 0.575. The Morgan fingerprint density at radius 1 is 1.17 bits per heavy atom. The molecular formula is C14H17IN2S. The largest absolute Gasteiger partial charge is 0.335 e. The molecule has 1 N–H and O–H groups in total. The van der Waals surface area contributed by atoms with E-state index in [4.69, 9.17) is 4.99 Å². The van der Waals surface area contributed by atoms with Gasteiger partial charge in [0.1, 0.15) is 0 Å². The molecule has 1 aromatic carbocycles. The number of hydrogen-bond donors (Lipinski definition) is 1. The first-order valence-corrected chi connectivity index (χ1v) is 8.61. The van der Waals surface area contributed by atoms with Gasteiger partial charge >= 0.3 is 0 Å². The van der Waals surface area contributed by atoms with E-state index in [1.165, 1.54) is 35.0 Å². The topological polar surface area (TPSA) is 24.4 Å². The van der Waals surface area contributed by atoms with E-state index in [2.05, 4.69) is 52.2 Å². The third-order valence-corrected chi connectivity index (χ3v) is 5.48. The summed E-state index contributed by atoms with van der Waals surface area (Å²) in [6, 6.07) is 9.07. The summed E-state index contributed by atoms with van der Waals surface area (Å²) in [5, 5.41) is 4.56. The van der Waals surface area contributed by atoms with Crippen LogP contribution in [0.1, 0.15) is 25.7 Å². The van der Waals surface area contributed by atoms with Gasteiger partial charge in [0, 0.05) is 15.0 Å². The molecule has 96 valence electrons. The zero-order valence-corrected chi connectivity index (χ0v) is 13.2. The maximum Gasteiger partial charge on any atom is 0.161 e. The van der Waals surface area contributed by atoms with Crippen molar-refractivity contribution in [2.24, 2.45) is 10.9 Å². The molecule has 1 saturated carbocycles. The van der Waals surface area contributed by atoms with Crippen molar-refractivity contribution in [1.82, 2.24) is 0 Å². The van der Waals surface area contributed by atoms with Crippen LogP contribution in [0.5, 0.6) is 0 Å². The summed E-state index contributed by atoms with van der Waals surface area (Å²) in [6.45, 7) is 0. The Balaban J connectivity index is 1.69. The molecule has 2 nitrogen and oxygen atoms in total. The molecule has 0 saturated heterocycles. The molecule has 4 heteroatoms. The van der Waals surface area contributed by atoms with Gasteiger partial charge in [-0.1, -0.05) is 24.6 Å². The average molecular weight is 372 g/mol. The van der Waals surface area contributed by atoms with Crippen molar-refractivity contribution >= 4 is 45.2 Å². The van der Waals surface area contributed by atoms with Crippen LogP contribution in [0.25, 0.3) is 0 Å². The minimum Gasteiger partial charge on any atom is -0.335 e. The van der Waals surface area contributed by atoms with Gasteiger partial charge < -0.3 is 5.32 Å². The highest BCUT2D eigenvalue weighted by molar-refractivity contribution is 14.1. The highest BCUT2D eigenvalue weighted by Gasteiger charge is 2.28. The minimum atomic E-state index is 0.575. The van der Waals surface area contributed by atoms with Crippen LogP contribution in [0, 0.1) is 9.49 Å². The summed E-state index contributed by atoms with van der Waals surface area (Å²) in [7, 11) is 0. The second-order valence-corrected chi connectivity index (χ2v) is 7.24. The fourth-order valence-electron chi connectivity index (χ4n) is 2.65. The van der Waals surface area contributed by atoms with Crippen LogP contribution in [0.2, 0.25) is 0 Å². The molecule has 2 aliphatic rings. The second kappa shape index (κ2) is 5.82. The third kappa shape index (κ3) is 3.02. The molecule has 0 aromatic heterocycles.